The Hall–Kier alpha value is -3.01. The number of pyridine rings is 1. The van der Waals surface area contributed by atoms with Gasteiger partial charge in [0.2, 0.25) is 0 Å². The summed E-state index contributed by atoms with van der Waals surface area (Å²) in [7, 11) is 0. The van der Waals surface area contributed by atoms with Gasteiger partial charge in [0.1, 0.15) is 11.6 Å². The molecule has 0 radical (unpaired) electrons. The van der Waals surface area contributed by atoms with Gasteiger partial charge in [0, 0.05) is 22.8 Å². The zero-order chi connectivity index (χ0) is 19.1. The Labute approximate surface area is 156 Å². The Kier molecular flexibility index (Phi) is 6.61. The van der Waals surface area contributed by atoms with Crippen molar-refractivity contribution in [1.82, 2.24) is 21.2 Å². The third kappa shape index (κ3) is 5.24. The van der Waals surface area contributed by atoms with Crippen molar-refractivity contribution >= 4 is 39.6 Å². The van der Waals surface area contributed by atoms with Crippen LogP contribution in [0, 0.1) is 5.82 Å². The molecule has 0 bridgehead atoms. The third-order valence-electron chi connectivity index (χ3n) is 3.07. The Morgan fingerprint density at radius 3 is 2.42 bits per heavy atom. The third-order valence-corrected chi connectivity index (χ3v) is 3.71. The fourth-order valence-electron chi connectivity index (χ4n) is 1.86. The molecule has 1 aromatic heterocycles. The van der Waals surface area contributed by atoms with Crippen LogP contribution in [0.1, 0.15) is 27.6 Å². The van der Waals surface area contributed by atoms with Gasteiger partial charge in [0.15, 0.2) is 0 Å². The molecule has 0 saturated heterocycles. The van der Waals surface area contributed by atoms with Crippen LogP contribution in [0.4, 0.5) is 15.0 Å². The van der Waals surface area contributed by atoms with E-state index < -0.39 is 23.7 Å². The summed E-state index contributed by atoms with van der Waals surface area (Å²) in [4.78, 5) is 39.7. The number of halogens is 2. The van der Waals surface area contributed by atoms with E-state index >= 15 is 0 Å². The van der Waals surface area contributed by atoms with E-state index in [1.54, 1.807) is 6.92 Å². The lowest BCUT2D eigenvalue weighted by atomic mass is 10.2. The molecule has 0 aliphatic rings. The van der Waals surface area contributed by atoms with Crippen LogP contribution in [-0.4, -0.2) is 29.4 Å². The van der Waals surface area contributed by atoms with E-state index in [1.165, 1.54) is 24.4 Å². The summed E-state index contributed by atoms with van der Waals surface area (Å²) in [6.07, 6.45) is 1.35. The number of carbonyl (C=O) groups is 3. The first-order chi connectivity index (χ1) is 12.4. The van der Waals surface area contributed by atoms with Crippen LogP contribution in [0.2, 0.25) is 0 Å². The van der Waals surface area contributed by atoms with Crippen molar-refractivity contribution in [3.63, 3.8) is 0 Å². The maximum Gasteiger partial charge on any atom is 0.320 e. The molecule has 26 heavy (non-hydrogen) atoms. The molecule has 136 valence electrons. The molecule has 8 nitrogen and oxygen atoms in total. The van der Waals surface area contributed by atoms with Gasteiger partial charge in [0.05, 0.1) is 5.56 Å². The van der Waals surface area contributed by atoms with Gasteiger partial charge in [-0.15, -0.1) is 0 Å². The molecule has 1 heterocycles. The summed E-state index contributed by atoms with van der Waals surface area (Å²) in [5.41, 5.74) is 4.79. The molecule has 0 saturated carbocycles. The van der Waals surface area contributed by atoms with Crippen molar-refractivity contribution in [2.75, 3.05) is 11.9 Å². The van der Waals surface area contributed by atoms with Crippen molar-refractivity contribution in [1.29, 1.82) is 0 Å². The van der Waals surface area contributed by atoms with Gasteiger partial charge in [0.25, 0.3) is 11.8 Å². The standard InChI is InChI=1S/C16H15BrFN5O3/c1-2-19-16(26)21-13-7-11(12(17)8-20-13)15(25)23-22-14(24)9-3-5-10(18)6-4-9/h3-8H,2H2,1H3,(H,22,24)(H,23,25)(H2,19,20,21,26). The molecule has 1 aromatic carbocycles. The van der Waals surface area contributed by atoms with Gasteiger partial charge in [-0.1, -0.05) is 0 Å². The van der Waals surface area contributed by atoms with Gasteiger partial charge >= 0.3 is 6.03 Å². The summed E-state index contributed by atoms with van der Waals surface area (Å²) in [5, 5.41) is 5.01. The smallest absolute Gasteiger partial charge is 0.320 e. The van der Waals surface area contributed by atoms with Crippen LogP contribution < -0.4 is 21.5 Å². The highest BCUT2D eigenvalue weighted by molar-refractivity contribution is 9.10. The predicted molar refractivity (Wildman–Crippen MR) is 96.0 cm³/mol. The minimum Gasteiger partial charge on any atom is -0.338 e. The van der Waals surface area contributed by atoms with Crippen LogP contribution in [-0.2, 0) is 0 Å². The molecule has 0 atom stereocenters. The minimum atomic E-state index is -0.631. The molecular formula is C16H15BrFN5O3. The van der Waals surface area contributed by atoms with Crippen molar-refractivity contribution in [2.24, 2.45) is 0 Å². The number of nitrogens with one attached hydrogen (secondary N) is 4. The zero-order valence-electron chi connectivity index (χ0n) is 13.6. The van der Waals surface area contributed by atoms with Crippen molar-refractivity contribution in [3.05, 3.63) is 57.9 Å². The van der Waals surface area contributed by atoms with Crippen LogP contribution in [0.5, 0.6) is 0 Å². The monoisotopic (exact) mass is 423 g/mol. The molecule has 4 N–H and O–H groups in total. The number of carbonyl (C=O) groups excluding carboxylic acids is 3. The number of benzene rings is 1. The fourth-order valence-corrected chi connectivity index (χ4v) is 2.25. The minimum absolute atomic E-state index is 0.145. The van der Waals surface area contributed by atoms with Gasteiger partial charge < -0.3 is 5.32 Å². The second-order valence-corrected chi connectivity index (χ2v) is 5.80. The SMILES string of the molecule is CCNC(=O)Nc1cc(C(=O)NNC(=O)c2ccc(F)cc2)c(Br)cn1. The maximum absolute atomic E-state index is 12.9. The number of amides is 4. The Morgan fingerprint density at radius 1 is 1.12 bits per heavy atom. The van der Waals surface area contributed by atoms with E-state index in [9.17, 15) is 18.8 Å². The van der Waals surface area contributed by atoms with Gasteiger partial charge in [-0.25, -0.2) is 14.2 Å². The lowest BCUT2D eigenvalue weighted by Gasteiger charge is -2.10. The van der Waals surface area contributed by atoms with Crippen molar-refractivity contribution in [2.45, 2.75) is 6.92 Å². The number of hydrazine groups is 1. The molecule has 0 spiro atoms. The number of anilines is 1. The van der Waals surface area contributed by atoms with Gasteiger partial charge in [-0.05, 0) is 53.2 Å². The van der Waals surface area contributed by atoms with Gasteiger partial charge in [-0.3, -0.25) is 25.8 Å². The van der Waals surface area contributed by atoms with E-state index in [4.69, 9.17) is 0 Å². The van der Waals surface area contributed by atoms with E-state index in [1.807, 2.05) is 0 Å². The molecule has 0 aliphatic carbocycles. The molecule has 2 aromatic rings. The summed E-state index contributed by atoms with van der Waals surface area (Å²) < 4.78 is 13.2. The first-order valence-corrected chi connectivity index (χ1v) is 8.26. The number of urea groups is 1. The second kappa shape index (κ2) is 8.90. The summed E-state index contributed by atoms with van der Waals surface area (Å²) in [5.74, 6) is -1.55. The van der Waals surface area contributed by atoms with Gasteiger partial charge in [-0.2, -0.15) is 0 Å². The summed E-state index contributed by atoms with van der Waals surface area (Å²) in [6, 6.07) is 5.73. The number of nitrogens with zero attached hydrogens (tertiary/aromatic N) is 1. The number of aromatic nitrogens is 1. The molecule has 4 amide bonds. The summed E-state index contributed by atoms with van der Waals surface area (Å²) in [6.45, 7) is 2.20. The molecular weight excluding hydrogens is 409 g/mol. The highest BCUT2D eigenvalue weighted by Crippen LogP contribution is 2.18. The Bertz CT molecular complexity index is 829. The van der Waals surface area contributed by atoms with E-state index in [2.05, 4.69) is 42.4 Å². The Morgan fingerprint density at radius 2 is 1.77 bits per heavy atom. The lowest BCUT2D eigenvalue weighted by Crippen LogP contribution is -2.41. The van der Waals surface area contributed by atoms with E-state index in [0.717, 1.165) is 12.1 Å². The van der Waals surface area contributed by atoms with Crippen LogP contribution in [0.25, 0.3) is 0 Å². The average molecular weight is 424 g/mol. The van der Waals surface area contributed by atoms with Crippen LogP contribution in [0.15, 0.2) is 41.0 Å². The summed E-state index contributed by atoms with van der Waals surface area (Å²) >= 11 is 3.18. The normalized spacial score (nSPS) is 9.96. The number of rotatable bonds is 4. The highest BCUT2D eigenvalue weighted by Gasteiger charge is 2.14. The largest absolute Gasteiger partial charge is 0.338 e. The van der Waals surface area contributed by atoms with E-state index in [0.29, 0.717) is 11.0 Å². The Balaban J connectivity index is 2.03. The molecule has 0 aliphatic heterocycles. The second-order valence-electron chi connectivity index (χ2n) is 4.95. The topological polar surface area (TPSA) is 112 Å². The quantitative estimate of drug-likeness (QED) is 0.564. The number of hydrogen-bond donors (Lipinski definition) is 4. The average Bonchev–Trinajstić information content (AvgIpc) is 2.61. The lowest BCUT2D eigenvalue weighted by molar-refractivity contribution is 0.0846. The predicted octanol–water partition coefficient (Wildman–Crippen LogP) is 2.20. The molecule has 2 rings (SSSR count). The molecule has 0 fully saturated rings. The maximum atomic E-state index is 12.9. The molecule has 0 unspecified atom stereocenters. The zero-order valence-corrected chi connectivity index (χ0v) is 15.2. The highest BCUT2D eigenvalue weighted by atomic mass is 79.9. The van der Waals surface area contributed by atoms with Crippen LogP contribution >= 0.6 is 15.9 Å². The van der Waals surface area contributed by atoms with Crippen molar-refractivity contribution in [3.8, 4) is 0 Å². The van der Waals surface area contributed by atoms with E-state index in [-0.39, 0.29) is 16.9 Å². The number of hydrogen-bond acceptors (Lipinski definition) is 4. The van der Waals surface area contributed by atoms with Crippen LogP contribution in [0.3, 0.4) is 0 Å². The first-order valence-electron chi connectivity index (χ1n) is 7.47. The fraction of sp³-hybridized carbons (Fsp3) is 0.125. The molecule has 10 heteroatoms. The van der Waals surface area contributed by atoms with Crippen molar-refractivity contribution < 1.29 is 18.8 Å². The first kappa shape index (κ1) is 19.3.